The number of Topliss-reactive ketones (excluding diaryl/α,β-unsaturated/α-hetero) is 1. The van der Waals surface area contributed by atoms with E-state index in [9.17, 15) is 13.6 Å². The molecule has 0 aliphatic heterocycles. The number of halogens is 2. The number of hydrogen-bond donors (Lipinski definition) is 0. The minimum absolute atomic E-state index is 0.0650. The Hall–Kier alpha value is -1.71. The summed E-state index contributed by atoms with van der Waals surface area (Å²) < 4.78 is 31.3. The van der Waals surface area contributed by atoms with E-state index < -0.39 is 11.6 Å². The zero-order valence-corrected chi connectivity index (χ0v) is 8.23. The minimum atomic E-state index is -0.719. The van der Waals surface area contributed by atoms with Crippen LogP contribution in [-0.2, 0) is 0 Å². The van der Waals surface area contributed by atoms with Crippen LogP contribution < -0.4 is 0 Å². The highest BCUT2D eigenvalue weighted by Crippen LogP contribution is 2.28. The maximum atomic E-state index is 13.4. The van der Waals surface area contributed by atoms with Crippen LogP contribution in [0.2, 0.25) is 0 Å². The number of carbonyl (C=O) groups is 1. The van der Waals surface area contributed by atoms with Crippen LogP contribution in [0.5, 0.6) is 0 Å². The van der Waals surface area contributed by atoms with Crippen LogP contribution >= 0.6 is 0 Å². The Bertz CT molecular complexity index is 555. The molecular formula is C11H8F2O2. The second kappa shape index (κ2) is 3.15. The molecule has 0 aliphatic carbocycles. The Balaban J connectivity index is 2.88. The van der Waals surface area contributed by atoms with Crippen molar-refractivity contribution in [1.29, 1.82) is 0 Å². The van der Waals surface area contributed by atoms with Crippen LogP contribution in [0, 0.1) is 18.6 Å². The van der Waals surface area contributed by atoms with Gasteiger partial charge in [-0.2, -0.15) is 0 Å². The van der Waals surface area contributed by atoms with E-state index in [4.69, 9.17) is 4.42 Å². The molecule has 0 unspecified atom stereocenters. The zero-order chi connectivity index (χ0) is 11.2. The number of rotatable bonds is 1. The second-order valence-corrected chi connectivity index (χ2v) is 3.37. The van der Waals surface area contributed by atoms with Gasteiger partial charge in [-0.1, -0.05) is 0 Å². The molecule has 2 nitrogen and oxygen atoms in total. The first-order valence-electron chi connectivity index (χ1n) is 4.40. The van der Waals surface area contributed by atoms with Gasteiger partial charge in [-0.05, 0) is 6.92 Å². The van der Waals surface area contributed by atoms with Gasteiger partial charge in [-0.3, -0.25) is 4.79 Å². The quantitative estimate of drug-likeness (QED) is 0.676. The van der Waals surface area contributed by atoms with Gasteiger partial charge in [0.15, 0.2) is 11.5 Å². The molecule has 0 saturated carbocycles. The molecule has 0 amide bonds. The highest BCUT2D eigenvalue weighted by Gasteiger charge is 2.17. The third-order valence-corrected chi connectivity index (χ3v) is 2.27. The van der Waals surface area contributed by atoms with Gasteiger partial charge in [0.25, 0.3) is 0 Å². The number of ketones is 1. The van der Waals surface area contributed by atoms with Gasteiger partial charge in [0.2, 0.25) is 0 Å². The average Bonchev–Trinajstić information content (AvgIpc) is 2.42. The normalized spacial score (nSPS) is 10.9. The summed E-state index contributed by atoms with van der Waals surface area (Å²) in [7, 11) is 0. The van der Waals surface area contributed by atoms with Crippen molar-refractivity contribution >= 4 is 16.8 Å². The third-order valence-electron chi connectivity index (χ3n) is 2.27. The fourth-order valence-electron chi connectivity index (χ4n) is 1.63. The SMILES string of the molecule is CC(=O)c1oc2cc(F)cc(F)c2c1C. The van der Waals surface area contributed by atoms with Crippen molar-refractivity contribution in [3.63, 3.8) is 0 Å². The lowest BCUT2D eigenvalue weighted by atomic mass is 10.1. The highest BCUT2D eigenvalue weighted by atomic mass is 19.1. The van der Waals surface area contributed by atoms with Crippen LogP contribution in [0.4, 0.5) is 8.78 Å². The van der Waals surface area contributed by atoms with E-state index in [1.165, 1.54) is 6.92 Å². The summed E-state index contributed by atoms with van der Waals surface area (Å²) in [6, 6.07) is 1.84. The predicted molar refractivity (Wildman–Crippen MR) is 50.9 cm³/mol. The van der Waals surface area contributed by atoms with Crippen molar-refractivity contribution < 1.29 is 18.0 Å². The third kappa shape index (κ3) is 1.42. The Labute approximate surface area is 84.5 Å². The molecule has 1 heterocycles. The Morgan fingerprint density at radius 3 is 2.60 bits per heavy atom. The number of carbonyl (C=O) groups excluding carboxylic acids is 1. The van der Waals surface area contributed by atoms with Crippen molar-refractivity contribution in [2.24, 2.45) is 0 Å². The maximum Gasteiger partial charge on any atom is 0.195 e. The summed E-state index contributed by atoms with van der Waals surface area (Å²) in [5.74, 6) is -1.65. The predicted octanol–water partition coefficient (Wildman–Crippen LogP) is 3.22. The van der Waals surface area contributed by atoms with Gasteiger partial charge in [0, 0.05) is 24.6 Å². The lowest BCUT2D eigenvalue weighted by molar-refractivity contribution is 0.0988. The molecule has 4 heteroatoms. The molecule has 0 fully saturated rings. The first-order chi connectivity index (χ1) is 7.00. The van der Waals surface area contributed by atoms with E-state index >= 15 is 0 Å². The number of aryl methyl sites for hydroxylation is 1. The smallest absolute Gasteiger partial charge is 0.195 e. The van der Waals surface area contributed by atoms with Gasteiger partial charge in [-0.15, -0.1) is 0 Å². The molecule has 0 aliphatic rings. The standard InChI is InChI=1S/C11H8F2O2/c1-5-10-8(13)3-7(12)4-9(10)15-11(5)6(2)14/h3-4H,1-2H3. The minimum Gasteiger partial charge on any atom is -0.452 e. The van der Waals surface area contributed by atoms with E-state index in [-0.39, 0.29) is 22.5 Å². The lowest BCUT2D eigenvalue weighted by Gasteiger charge is -1.93. The van der Waals surface area contributed by atoms with Gasteiger partial charge < -0.3 is 4.42 Å². The molecule has 0 bridgehead atoms. The van der Waals surface area contributed by atoms with Crippen molar-refractivity contribution in [1.82, 2.24) is 0 Å². The average molecular weight is 210 g/mol. The summed E-state index contributed by atoms with van der Waals surface area (Å²) in [6.45, 7) is 2.89. The first kappa shape index (κ1) is 9.83. The van der Waals surface area contributed by atoms with Crippen LogP contribution in [0.15, 0.2) is 16.5 Å². The van der Waals surface area contributed by atoms with Crippen molar-refractivity contribution in [2.75, 3.05) is 0 Å². The molecule has 0 radical (unpaired) electrons. The molecule has 1 aromatic heterocycles. The molecule has 78 valence electrons. The number of benzene rings is 1. The summed E-state index contributed by atoms with van der Waals surface area (Å²) in [5.41, 5.74) is 0.477. The molecule has 15 heavy (non-hydrogen) atoms. The fourth-order valence-corrected chi connectivity index (χ4v) is 1.63. The van der Waals surface area contributed by atoms with E-state index in [0.717, 1.165) is 12.1 Å². The molecule has 1 aromatic carbocycles. The van der Waals surface area contributed by atoms with E-state index in [0.29, 0.717) is 5.56 Å². The highest BCUT2D eigenvalue weighted by molar-refractivity contribution is 5.98. The van der Waals surface area contributed by atoms with Crippen LogP contribution in [0.1, 0.15) is 23.0 Å². The summed E-state index contributed by atoms with van der Waals surface area (Å²) in [5, 5.41) is 0.168. The second-order valence-electron chi connectivity index (χ2n) is 3.37. The van der Waals surface area contributed by atoms with Crippen LogP contribution in [0.25, 0.3) is 11.0 Å². The Kier molecular flexibility index (Phi) is 2.07. The lowest BCUT2D eigenvalue weighted by Crippen LogP contribution is -1.91. The van der Waals surface area contributed by atoms with E-state index in [1.54, 1.807) is 6.92 Å². The largest absolute Gasteiger partial charge is 0.452 e. The molecule has 0 saturated heterocycles. The molecule has 0 spiro atoms. The zero-order valence-electron chi connectivity index (χ0n) is 8.23. The van der Waals surface area contributed by atoms with Crippen LogP contribution in [0.3, 0.4) is 0 Å². The summed E-state index contributed by atoms with van der Waals surface area (Å²) in [6.07, 6.45) is 0. The van der Waals surface area contributed by atoms with Gasteiger partial charge in [0.1, 0.15) is 17.2 Å². The Morgan fingerprint density at radius 1 is 1.33 bits per heavy atom. The monoisotopic (exact) mass is 210 g/mol. The van der Waals surface area contributed by atoms with Crippen molar-refractivity contribution in [3.8, 4) is 0 Å². The van der Waals surface area contributed by atoms with Crippen molar-refractivity contribution in [3.05, 3.63) is 35.1 Å². The molecule has 0 atom stereocenters. The van der Waals surface area contributed by atoms with E-state index in [1.807, 2.05) is 0 Å². The number of fused-ring (bicyclic) bond motifs is 1. The Morgan fingerprint density at radius 2 is 2.00 bits per heavy atom. The van der Waals surface area contributed by atoms with Crippen LogP contribution in [-0.4, -0.2) is 5.78 Å². The van der Waals surface area contributed by atoms with Crippen molar-refractivity contribution in [2.45, 2.75) is 13.8 Å². The first-order valence-corrected chi connectivity index (χ1v) is 4.40. The molecular weight excluding hydrogens is 202 g/mol. The summed E-state index contributed by atoms with van der Waals surface area (Å²) >= 11 is 0. The fraction of sp³-hybridized carbons (Fsp3) is 0.182. The van der Waals surface area contributed by atoms with Gasteiger partial charge in [0.05, 0.1) is 5.39 Å². The number of hydrogen-bond acceptors (Lipinski definition) is 2. The van der Waals surface area contributed by atoms with Gasteiger partial charge in [-0.25, -0.2) is 8.78 Å². The molecule has 2 aromatic rings. The maximum absolute atomic E-state index is 13.4. The van der Waals surface area contributed by atoms with Gasteiger partial charge >= 0.3 is 0 Å². The van der Waals surface area contributed by atoms with E-state index in [2.05, 4.69) is 0 Å². The molecule has 0 N–H and O–H groups in total. The topological polar surface area (TPSA) is 30.2 Å². The number of furan rings is 1. The molecule has 2 rings (SSSR count). The summed E-state index contributed by atoms with van der Waals surface area (Å²) in [4.78, 5) is 11.1.